The molecule has 0 aromatic heterocycles. The lowest BCUT2D eigenvalue weighted by molar-refractivity contribution is -0.0386. The van der Waals surface area contributed by atoms with Crippen LogP contribution in [0.5, 0.6) is 0 Å². The summed E-state index contributed by atoms with van der Waals surface area (Å²) in [4.78, 5) is -0.947. The van der Waals surface area contributed by atoms with Crippen LogP contribution in [0.25, 0.3) is 11.1 Å². The molecule has 0 fully saturated rings. The molecule has 7 heteroatoms. The van der Waals surface area contributed by atoms with Crippen molar-refractivity contribution >= 4 is 10.8 Å². The monoisotopic (exact) mass is 306 g/mol. The van der Waals surface area contributed by atoms with E-state index in [0.29, 0.717) is 5.56 Å². The fourth-order valence-electron chi connectivity index (χ4n) is 1.62. The van der Waals surface area contributed by atoms with Gasteiger partial charge in [0.2, 0.25) is 0 Å². The van der Waals surface area contributed by atoms with Crippen LogP contribution in [0.15, 0.2) is 47.4 Å². The van der Waals surface area contributed by atoms with Crippen LogP contribution in [0, 0.1) is 11.6 Å². The normalized spacial score (nSPS) is 13.2. The molecular formula is C13H7F5OS. The first-order chi connectivity index (χ1) is 9.29. The van der Waals surface area contributed by atoms with E-state index in [4.69, 9.17) is 0 Å². The van der Waals surface area contributed by atoms with Gasteiger partial charge in [0.15, 0.2) is 10.8 Å². The molecule has 0 saturated carbocycles. The van der Waals surface area contributed by atoms with Gasteiger partial charge in [-0.25, -0.2) is 13.0 Å². The van der Waals surface area contributed by atoms with Gasteiger partial charge in [0.1, 0.15) is 11.6 Å². The molecular weight excluding hydrogens is 299 g/mol. The van der Waals surface area contributed by atoms with Gasteiger partial charge < -0.3 is 0 Å². The van der Waals surface area contributed by atoms with E-state index in [9.17, 15) is 26.2 Å². The molecule has 0 aliphatic rings. The average Bonchev–Trinajstić information content (AvgIpc) is 2.36. The van der Waals surface area contributed by atoms with Gasteiger partial charge in [-0.05, 0) is 35.4 Å². The predicted octanol–water partition coefficient (Wildman–Crippen LogP) is 4.26. The zero-order chi connectivity index (χ0) is 14.9. The van der Waals surface area contributed by atoms with Crippen LogP contribution in [-0.4, -0.2) is 9.72 Å². The van der Waals surface area contributed by atoms with E-state index in [2.05, 4.69) is 0 Å². The van der Waals surface area contributed by atoms with Gasteiger partial charge in [0, 0.05) is 0 Å². The lowest BCUT2D eigenvalue weighted by atomic mass is 10.1. The first-order valence-corrected chi connectivity index (χ1v) is 6.48. The van der Waals surface area contributed by atoms with Crippen LogP contribution in [0.1, 0.15) is 0 Å². The summed E-state index contributed by atoms with van der Waals surface area (Å²) in [6.07, 6.45) is 0. The Balaban J connectivity index is 2.43. The Kier molecular flexibility index (Phi) is 3.89. The number of hydrogen-bond acceptors (Lipinski definition) is 1. The highest BCUT2D eigenvalue weighted by Gasteiger charge is 2.39. The van der Waals surface area contributed by atoms with Crippen LogP contribution in [0.3, 0.4) is 0 Å². The van der Waals surface area contributed by atoms with E-state index in [0.717, 1.165) is 24.3 Å². The van der Waals surface area contributed by atoms with Crippen molar-refractivity contribution in [3.8, 4) is 11.1 Å². The second-order valence-electron chi connectivity index (χ2n) is 3.87. The first kappa shape index (κ1) is 14.6. The lowest BCUT2D eigenvalue weighted by Crippen LogP contribution is -2.17. The molecule has 1 nitrogen and oxygen atoms in total. The molecule has 0 saturated heterocycles. The zero-order valence-corrected chi connectivity index (χ0v) is 10.6. The molecule has 0 aliphatic heterocycles. The molecule has 0 spiro atoms. The molecule has 0 amide bonds. The molecule has 0 heterocycles. The fourth-order valence-corrected chi connectivity index (χ4v) is 2.30. The van der Waals surface area contributed by atoms with Gasteiger partial charge in [-0.1, -0.05) is 18.2 Å². The van der Waals surface area contributed by atoms with Crippen LogP contribution < -0.4 is 0 Å². The number of hydrogen-bond donors (Lipinski definition) is 0. The Morgan fingerprint density at radius 1 is 0.900 bits per heavy atom. The Labute approximate surface area is 113 Å². The van der Waals surface area contributed by atoms with Gasteiger partial charge in [0.25, 0.3) is 0 Å². The summed E-state index contributed by atoms with van der Waals surface area (Å²) in [6.45, 7) is 0. The summed E-state index contributed by atoms with van der Waals surface area (Å²) in [5, 5.41) is 0. The van der Waals surface area contributed by atoms with Crippen LogP contribution in [0.4, 0.5) is 22.0 Å². The largest absolute Gasteiger partial charge is 0.475 e. The first-order valence-electron chi connectivity index (χ1n) is 5.33. The molecule has 2 aromatic rings. The molecule has 1 atom stereocenters. The summed E-state index contributed by atoms with van der Waals surface area (Å²) >= 11 is 0. The quantitative estimate of drug-likeness (QED) is 0.758. The summed E-state index contributed by atoms with van der Waals surface area (Å²) < 4.78 is 74.6. The average molecular weight is 306 g/mol. The molecule has 2 aromatic carbocycles. The summed E-state index contributed by atoms with van der Waals surface area (Å²) in [5.74, 6) is -1.80. The molecule has 106 valence electrons. The van der Waals surface area contributed by atoms with Gasteiger partial charge in [-0.2, -0.15) is 13.2 Å². The van der Waals surface area contributed by atoms with Crippen LogP contribution in [0.2, 0.25) is 0 Å². The zero-order valence-electron chi connectivity index (χ0n) is 9.75. The van der Waals surface area contributed by atoms with Gasteiger partial charge in [0.05, 0.1) is 4.90 Å². The molecule has 0 radical (unpaired) electrons. The van der Waals surface area contributed by atoms with Gasteiger partial charge in [-0.15, -0.1) is 0 Å². The van der Waals surface area contributed by atoms with Crippen LogP contribution in [-0.2, 0) is 10.8 Å². The van der Waals surface area contributed by atoms with Crippen molar-refractivity contribution in [2.45, 2.75) is 10.4 Å². The molecule has 2 rings (SSSR count). The van der Waals surface area contributed by atoms with Crippen molar-refractivity contribution < 1.29 is 26.2 Å². The van der Waals surface area contributed by atoms with Crippen molar-refractivity contribution in [2.24, 2.45) is 0 Å². The molecule has 0 bridgehead atoms. The van der Waals surface area contributed by atoms with Crippen molar-refractivity contribution in [1.29, 1.82) is 0 Å². The van der Waals surface area contributed by atoms with Crippen LogP contribution >= 0.6 is 0 Å². The van der Waals surface area contributed by atoms with E-state index in [-0.39, 0.29) is 5.56 Å². The standard InChI is InChI=1S/C13H7F5OS/c14-10-3-1-2-8(6-10)9-4-5-12(11(15)7-9)20(19)13(16,17)18/h1-7H. The Morgan fingerprint density at radius 3 is 2.10 bits per heavy atom. The Bertz CT molecular complexity index is 666. The molecule has 1 unspecified atom stereocenters. The number of benzene rings is 2. The van der Waals surface area contributed by atoms with E-state index in [1.807, 2.05) is 0 Å². The summed E-state index contributed by atoms with van der Waals surface area (Å²) in [6, 6.07) is 7.94. The maximum absolute atomic E-state index is 13.6. The minimum Gasteiger partial charge on any atom is -0.245 e. The SMILES string of the molecule is O=S(c1ccc(-c2cccc(F)c2)cc1F)C(F)(F)F. The maximum atomic E-state index is 13.6. The van der Waals surface area contributed by atoms with E-state index >= 15 is 0 Å². The lowest BCUT2D eigenvalue weighted by Gasteiger charge is -2.09. The van der Waals surface area contributed by atoms with Crippen molar-refractivity contribution in [2.75, 3.05) is 0 Å². The molecule has 0 aliphatic carbocycles. The van der Waals surface area contributed by atoms with Gasteiger partial charge >= 0.3 is 5.51 Å². The smallest absolute Gasteiger partial charge is 0.245 e. The summed E-state index contributed by atoms with van der Waals surface area (Å²) in [7, 11) is -3.43. The third-order valence-corrected chi connectivity index (χ3v) is 3.65. The Morgan fingerprint density at radius 2 is 1.55 bits per heavy atom. The van der Waals surface area contributed by atoms with Crippen molar-refractivity contribution in [3.63, 3.8) is 0 Å². The fraction of sp³-hybridized carbons (Fsp3) is 0.0769. The number of halogens is 5. The number of alkyl halides is 3. The Hall–Kier alpha value is -1.76. The minimum absolute atomic E-state index is 0.199. The predicted molar refractivity (Wildman–Crippen MR) is 64.3 cm³/mol. The molecule has 0 N–H and O–H groups in total. The van der Waals surface area contributed by atoms with E-state index in [1.54, 1.807) is 0 Å². The highest BCUT2D eigenvalue weighted by atomic mass is 32.2. The van der Waals surface area contributed by atoms with E-state index < -0.39 is 32.8 Å². The highest BCUT2D eigenvalue weighted by molar-refractivity contribution is 7.86. The van der Waals surface area contributed by atoms with E-state index in [1.165, 1.54) is 18.2 Å². The maximum Gasteiger partial charge on any atom is 0.475 e. The third kappa shape index (κ3) is 3.04. The minimum atomic E-state index is -5.03. The van der Waals surface area contributed by atoms with Crippen molar-refractivity contribution in [1.82, 2.24) is 0 Å². The van der Waals surface area contributed by atoms with Gasteiger partial charge in [-0.3, -0.25) is 0 Å². The molecule has 20 heavy (non-hydrogen) atoms. The third-order valence-electron chi connectivity index (χ3n) is 2.50. The second kappa shape index (κ2) is 5.32. The summed E-state index contributed by atoms with van der Waals surface area (Å²) in [5.41, 5.74) is -4.51. The second-order valence-corrected chi connectivity index (χ2v) is 5.31. The highest BCUT2D eigenvalue weighted by Crippen LogP contribution is 2.30. The topological polar surface area (TPSA) is 17.1 Å². The number of rotatable bonds is 2. The van der Waals surface area contributed by atoms with Crippen molar-refractivity contribution in [3.05, 3.63) is 54.1 Å².